The molecule has 0 saturated carbocycles. The molecule has 0 bridgehead atoms. The van der Waals surface area contributed by atoms with Crippen LogP contribution in [0.1, 0.15) is 25.0 Å². The molecule has 0 aliphatic heterocycles. The molecule has 298 valence electrons. The van der Waals surface area contributed by atoms with Gasteiger partial charge in [-0.05, 0) is 121 Å². The first-order valence-electron chi connectivity index (χ1n) is 21.8. The van der Waals surface area contributed by atoms with Crippen LogP contribution < -0.4 is 4.90 Å². The molecule has 0 fully saturated rings. The average Bonchev–Trinajstić information content (AvgIpc) is 3.84. The van der Waals surface area contributed by atoms with Gasteiger partial charge in [0.05, 0.1) is 5.69 Å². The predicted octanol–water partition coefficient (Wildman–Crippen LogP) is 17.7. The van der Waals surface area contributed by atoms with Gasteiger partial charge < -0.3 is 4.90 Å². The third kappa shape index (κ3) is 6.21. The minimum atomic E-state index is -0.112. The van der Waals surface area contributed by atoms with Crippen molar-refractivity contribution in [3.8, 4) is 55.6 Å². The number of rotatable bonds is 7. The van der Waals surface area contributed by atoms with E-state index in [2.05, 4.69) is 243 Å². The minimum Gasteiger partial charge on any atom is -0.310 e. The van der Waals surface area contributed by atoms with Gasteiger partial charge in [0, 0.05) is 47.7 Å². The number of fused-ring (bicyclic) bond motifs is 8. The highest BCUT2D eigenvalue weighted by molar-refractivity contribution is 7.26. The second kappa shape index (κ2) is 14.8. The molecule has 0 radical (unpaired) electrons. The van der Waals surface area contributed by atoms with E-state index >= 15 is 0 Å². The van der Waals surface area contributed by atoms with Crippen molar-refractivity contribution in [2.24, 2.45) is 0 Å². The molecule has 12 rings (SSSR count). The van der Waals surface area contributed by atoms with Crippen LogP contribution in [0.3, 0.4) is 0 Å². The molecule has 0 spiro atoms. The smallest absolute Gasteiger partial charge is 0.0547 e. The number of hydrogen-bond donors (Lipinski definition) is 0. The summed E-state index contributed by atoms with van der Waals surface area (Å²) in [5.74, 6) is 0. The van der Waals surface area contributed by atoms with Crippen LogP contribution in [0.25, 0.3) is 86.6 Å². The van der Waals surface area contributed by atoms with Gasteiger partial charge in [0.15, 0.2) is 0 Å². The number of thiophene rings is 1. The van der Waals surface area contributed by atoms with E-state index in [0.717, 1.165) is 11.4 Å². The SMILES string of the molecule is CC1(C)c2ccccc2-c2ccc(N(c3ccccc3)c3cc4c(sc5cccc(-c6ccc(-c7cc(-c8ccccc8)cc(-c8ccccc8)c7)cc6)c54)c4ccccc34)cc21. The lowest BCUT2D eigenvalue weighted by atomic mass is 9.82. The van der Waals surface area contributed by atoms with Crippen LogP contribution in [0.2, 0.25) is 0 Å². The summed E-state index contributed by atoms with van der Waals surface area (Å²) in [5, 5.41) is 5.09. The zero-order chi connectivity index (χ0) is 42.1. The standard InChI is InChI=1S/C61H43NS/c1-61(2)55-27-15-14-23-50(55)51-34-33-48(38-56(51)61)62(47-21-10-5-11-22-47)57-39-54-59-49(26-16-28-58(59)63-60(54)53-25-13-12-24-52(53)57)43-31-29-42(30-32-43)46-36-44(40-17-6-3-7-18-40)35-45(37-46)41-19-8-4-9-20-41/h3-39H,1-2H3. The molecule has 63 heavy (non-hydrogen) atoms. The third-order valence-corrected chi connectivity index (χ3v) is 14.4. The van der Waals surface area contributed by atoms with E-state index in [1.807, 2.05) is 11.3 Å². The largest absolute Gasteiger partial charge is 0.310 e. The lowest BCUT2D eigenvalue weighted by molar-refractivity contribution is 0.660. The maximum atomic E-state index is 2.48. The Morgan fingerprint density at radius 1 is 0.349 bits per heavy atom. The Morgan fingerprint density at radius 2 is 0.889 bits per heavy atom. The van der Waals surface area contributed by atoms with Crippen molar-refractivity contribution in [2.45, 2.75) is 19.3 Å². The first kappa shape index (κ1) is 37.3. The summed E-state index contributed by atoms with van der Waals surface area (Å²) in [6.45, 7) is 4.73. The fourth-order valence-corrected chi connectivity index (χ4v) is 11.4. The van der Waals surface area contributed by atoms with Gasteiger partial charge in [0.2, 0.25) is 0 Å². The molecule has 1 aliphatic carbocycles. The van der Waals surface area contributed by atoms with Crippen LogP contribution >= 0.6 is 11.3 Å². The van der Waals surface area contributed by atoms with Gasteiger partial charge >= 0.3 is 0 Å². The quantitative estimate of drug-likeness (QED) is 0.155. The van der Waals surface area contributed by atoms with E-state index in [1.54, 1.807) is 0 Å². The Morgan fingerprint density at radius 3 is 1.57 bits per heavy atom. The summed E-state index contributed by atoms with van der Waals surface area (Å²) < 4.78 is 2.61. The van der Waals surface area contributed by atoms with Crippen LogP contribution in [0.15, 0.2) is 224 Å². The summed E-state index contributed by atoms with van der Waals surface area (Å²) in [5.41, 5.74) is 18.5. The van der Waals surface area contributed by atoms with Crippen molar-refractivity contribution in [3.63, 3.8) is 0 Å². The zero-order valence-electron chi connectivity index (χ0n) is 35.2. The van der Waals surface area contributed by atoms with Crippen LogP contribution in [-0.4, -0.2) is 0 Å². The van der Waals surface area contributed by atoms with Crippen molar-refractivity contribution in [2.75, 3.05) is 4.90 Å². The second-order valence-corrected chi connectivity index (χ2v) is 18.3. The van der Waals surface area contributed by atoms with E-state index in [1.165, 1.54) is 103 Å². The first-order chi connectivity index (χ1) is 31.0. The van der Waals surface area contributed by atoms with Gasteiger partial charge in [0.1, 0.15) is 0 Å². The van der Waals surface area contributed by atoms with E-state index in [4.69, 9.17) is 0 Å². The highest BCUT2D eigenvalue weighted by Crippen LogP contribution is 2.52. The first-order valence-corrected chi connectivity index (χ1v) is 22.6. The minimum absolute atomic E-state index is 0.112. The molecule has 1 aliphatic rings. The van der Waals surface area contributed by atoms with Crippen LogP contribution in [0, 0.1) is 0 Å². The molecule has 1 heterocycles. The maximum absolute atomic E-state index is 2.48. The molecular formula is C61H43NS. The molecule has 2 heteroatoms. The number of para-hydroxylation sites is 1. The van der Waals surface area contributed by atoms with Crippen molar-refractivity contribution in [3.05, 3.63) is 236 Å². The number of benzene rings is 10. The van der Waals surface area contributed by atoms with Crippen LogP contribution in [0.4, 0.5) is 17.1 Å². The molecule has 10 aromatic carbocycles. The topological polar surface area (TPSA) is 3.24 Å². The lowest BCUT2D eigenvalue weighted by Crippen LogP contribution is -2.16. The van der Waals surface area contributed by atoms with Gasteiger partial charge in [0.25, 0.3) is 0 Å². The monoisotopic (exact) mass is 821 g/mol. The molecule has 0 saturated heterocycles. The molecule has 0 N–H and O–H groups in total. The van der Waals surface area contributed by atoms with Crippen LogP contribution in [-0.2, 0) is 5.41 Å². The van der Waals surface area contributed by atoms with Crippen LogP contribution in [0.5, 0.6) is 0 Å². The molecule has 11 aromatic rings. The van der Waals surface area contributed by atoms with E-state index in [0.29, 0.717) is 0 Å². The Hall–Kier alpha value is -7.52. The summed E-state index contributed by atoms with van der Waals surface area (Å²) in [4.78, 5) is 2.48. The summed E-state index contributed by atoms with van der Waals surface area (Å²) in [7, 11) is 0. The molecule has 0 amide bonds. The maximum Gasteiger partial charge on any atom is 0.0547 e. The summed E-state index contributed by atoms with van der Waals surface area (Å²) >= 11 is 1.90. The predicted molar refractivity (Wildman–Crippen MR) is 271 cm³/mol. The molecular weight excluding hydrogens is 779 g/mol. The molecule has 0 atom stereocenters. The fraction of sp³-hybridized carbons (Fsp3) is 0.0492. The van der Waals surface area contributed by atoms with Gasteiger partial charge in [-0.3, -0.25) is 0 Å². The van der Waals surface area contributed by atoms with E-state index < -0.39 is 0 Å². The average molecular weight is 822 g/mol. The number of hydrogen-bond acceptors (Lipinski definition) is 2. The van der Waals surface area contributed by atoms with Gasteiger partial charge in [-0.15, -0.1) is 11.3 Å². The third-order valence-electron chi connectivity index (χ3n) is 13.2. The number of anilines is 3. The summed E-state index contributed by atoms with van der Waals surface area (Å²) in [6, 6.07) is 82.8. The zero-order valence-corrected chi connectivity index (χ0v) is 36.0. The fourth-order valence-electron chi connectivity index (χ4n) is 10.1. The van der Waals surface area contributed by atoms with Gasteiger partial charge in [-0.2, -0.15) is 0 Å². The highest BCUT2D eigenvalue weighted by atomic mass is 32.1. The Balaban J connectivity index is 1.02. The van der Waals surface area contributed by atoms with Crippen molar-refractivity contribution < 1.29 is 0 Å². The van der Waals surface area contributed by atoms with E-state index in [9.17, 15) is 0 Å². The van der Waals surface area contributed by atoms with E-state index in [-0.39, 0.29) is 5.41 Å². The molecule has 0 unspecified atom stereocenters. The molecule has 1 nitrogen and oxygen atoms in total. The Labute approximate surface area is 372 Å². The normalized spacial score (nSPS) is 12.7. The Bertz CT molecular complexity index is 3450. The van der Waals surface area contributed by atoms with Crippen molar-refractivity contribution in [1.82, 2.24) is 0 Å². The van der Waals surface area contributed by atoms with Crippen molar-refractivity contribution in [1.29, 1.82) is 0 Å². The van der Waals surface area contributed by atoms with Gasteiger partial charge in [-0.1, -0.05) is 184 Å². The second-order valence-electron chi connectivity index (χ2n) is 17.3. The summed E-state index contributed by atoms with van der Waals surface area (Å²) in [6.07, 6.45) is 0. The van der Waals surface area contributed by atoms with Gasteiger partial charge in [-0.25, -0.2) is 0 Å². The number of nitrogens with zero attached hydrogens (tertiary/aromatic N) is 1. The lowest BCUT2D eigenvalue weighted by Gasteiger charge is -2.29. The molecule has 1 aromatic heterocycles. The van der Waals surface area contributed by atoms with Crippen molar-refractivity contribution >= 4 is 59.3 Å². The highest BCUT2D eigenvalue weighted by Gasteiger charge is 2.36. The Kier molecular flexibility index (Phi) is 8.77.